The van der Waals surface area contributed by atoms with Crippen molar-refractivity contribution in [1.29, 1.82) is 0 Å². The molecule has 0 spiro atoms. The highest BCUT2D eigenvalue weighted by Gasteiger charge is 2.22. The predicted octanol–water partition coefficient (Wildman–Crippen LogP) is 2.17. The van der Waals surface area contributed by atoms with Gasteiger partial charge >= 0.3 is 0 Å². The quantitative estimate of drug-likeness (QED) is 0.869. The maximum atomic E-state index is 13.8. The number of hydrogen-bond donors (Lipinski definition) is 1. The lowest BCUT2D eigenvalue weighted by Gasteiger charge is -2.21. The first-order chi connectivity index (χ1) is 7.59. The van der Waals surface area contributed by atoms with Crippen molar-refractivity contribution in [2.75, 3.05) is 13.2 Å². The largest absolute Gasteiger partial charge is 0.486 e. The van der Waals surface area contributed by atoms with E-state index in [0.29, 0.717) is 24.5 Å². The van der Waals surface area contributed by atoms with Crippen LogP contribution in [-0.2, 0) is 6.42 Å². The fourth-order valence-corrected chi connectivity index (χ4v) is 1.91. The number of ether oxygens (including phenoxy) is 2. The molecule has 16 heavy (non-hydrogen) atoms. The minimum absolute atomic E-state index is 0.0761. The summed E-state index contributed by atoms with van der Waals surface area (Å²) in [5.74, 6) is 0.139. The first-order valence-corrected chi connectivity index (χ1v) is 5.42. The van der Waals surface area contributed by atoms with Gasteiger partial charge in [0.05, 0.1) is 6.10 Å². The summed E-state index contributed by atoms with van der Waals surface area (Å²) in [6, 6.07) is 1.53. The van der Waals surface area contributed by atoms with Crippen LogP contribution in [0.4, 0.5) is 4.39 Å². The minimum Gasteiger partial charge on any atom is -0.486 e. The Morgan fingerprint density at radius 2 is 2.19 bits per heavy atom. The van der Waals surface area contributed by atoms with Gasteiger partial charge in [-0.2, -0.15) is 0 Å². The van der Waals surface area contributed by atoms with Crippen molar-refractivity contribution in [1.82, 2.24) is 0 Å². The highest BCUT2D eigenvalue weighted by atomic mass is 35.5. The molecule has 1 aliphatic rings. The van der Waals surface area contributed by atoms with Crippen LogP contribution in [0.25, 0.3) is 0 Å². The third-order valence-corrected chi connectivity index (χ3v) is 2.64. The molecule has 1 heterocycles. The molecule has 88 valence electrons. The summed E-state index contributed by atoms with van der Waals surface area (Å²) in [5, 5.41) is 9.17. The van der Waals surface area contributed by atoms with E-state index in [1.807, 2.05) is 0 Å². The monoisotopic (exact) mass is 246 g/mol. The number of halogens is 2. The molecular weight excluding hydrogens is 235 g/mol. The Morgan fingerprint density at radius 3 is 2.88 bits per heavy atom. The number of aliphatic hydroxyl groups excluding tert-OH is 1. The van der Waals surface area contributed by atoms with E-state index in [1.54, 1.807) is 6.92 Å². The lowest BCUT2D eigenvalue weighted by atomic mass is 10.1. The van der Waals surface area contributed by atoms with E-state index in [4.69, 9.17) is 21.1 Å². The van der Waals surface area contributed by atoms with Crippen LogP contribution in [0.5, 0.6) is 11.5 Å². The molecule has 0 saturated heterocycles. The lowest BCUT2D eigenvalue weighted by molar-refractivity contribution is 0.169. The molecule has 5 heteroatoms. The molecule has 1 atom stereocenters. The summed E-state index contributed by atoms with van der Waals surface area (Å²) in [6.45, 7) is 2.37. The Labute approximate surface area is 97.7 Å². The second-order valence-electron chi connectivity index (χ2n) is 3.74. The number of benzene rings is 1. The van der Waals surface area contributed by atoms with Crippen LogP contribution in [0.1, 0.15) is 12.5 Å². The van der Waals surface area contributed by atoms with E-state index >= 15 is 0 Å². The Balaban J connectivity index is 2.44. The zero-order chi connectivity index (χ0) is 11.7. The summed E-state index contributed by atoms with van der Waals surface area (Å²) in [4.78, 5) is 0. The molecule has 0 aliphatic carbocycles. The van der Waals surface area contributed by atoms with Gasteiger partial charge in [0.15, 0.2) is 11.5 Å². The van der Waals surface area contributed by atoms with Crippen LogP contribution in [-0.4, -0.2) is 24.4 Å². The van der Waals surface area contributed by atoms with E-state index in [0.717, 1.165) is 0 Å². The van der Waals surface area contributed by atoms with Crippen LogP contribution in [0.15, 0.2) is 6.07 Å². The van der Waals surface area contributed by atoms with Crippen molar-refractivity contribution in [3.05, 3.63) is 22.5 Å². The van der Waals surface area contributed by atoms with Gasteiger partial charge in [-0.1, -0.05) is 11.6 Å². The fourth-order valence-electron chi connectivity index (χ4n) is 1.64. The normalized spacial score (nSPS) is 16.0. The lowest BCUT2D eigenvalue weighted by Crippen LogP contribution is -2.17. The van der Waals surface area contributed by atoms with Crippen LogP contribution in [0.3, 0.4) is 0 Å². The second kappa shape index (κ2) is 4.47. The maximum absolute atomic E-state index is 13.8. The average Bonchev–Trinajstić information content (AvgIpc) is 2.25. The van der Waals surface area contributed by atoms with Crippen molar-refractivity contribution < 1.29 is 19.0 Å². The summed E-state index contributed by atoms with van der Waals surface area (Å²) >= 11 is 5.84. The highest BCUT2D eigenvalue weighted by Crippen LogP contribution is 2.40. The number of aliphatic hydroxyl groups is 1. The summed E-state index contributed by atoms with van der Waals surface area (Å²) in [7, 11) is 0. The molecule has 0 radical (unpaired) electrons. The van der Waals surface area contributed by atoms with Crippen molar-refractivity contribution in [2.45, 2.75) is 19.4 Å². The van der Waals surface area contributed by atoms with Crippen LogP contribution < -0.4 is 9.47 Å². The van der Waals surface area contributed by atoms with Crippen molar-refractivity contribution >= 4 is 11.6 Å². The van der Waals surface area contributed by atoms with Gasteiger partial charge in [0, 0.05) is 6.42 Å². The second-order valence-corrected chi connectivity index (χ2v) is 4.12. The number of fused-ring (bicyclic) bond motifs is 1. The summed E-state index contributed by atoms with van der Waals surface area (Å²) < 4.78 is 24.3. The molecule has 1 aliphatic heterocycles. The third-order valence-electron chi connectivity index (χ3n) is 2.31. The smallest absolute Gasteiger partial charge is 0.182 e. The van der Waals surface area contributed by atoms with Gasteiger partial charge in [0.2, 0.25) is 0 Å². The van der Waals surface area contributed by atoms with Gasteiger partial charge in [-0.15, -0.1) is 0 Å². The molecule has 2 rings (SSSR count). The van der Waals surface area contributed by atoms with E-state index in [-0.39, 0.29) is 17.2 Å². The van der Waals surface area contributed by atoms with Gasteiger partial charge in [-0.05, 0) is 18.6 Å². The molecule has 1 aromatic rings. The predicted molar refractivity (Wildman–Crippen MR) is 57.8 cm³/mol. The number of rotatable bonds is 2. The number of hydrogen-bond acceptors (Lipinski definition) is 3. The summed E-state index contributed by atoms with van der Waals surface area (Å²) in [5.41, 5.74) is 0.337. The SMILES string of the molecule is CC(O)Cc1cc2c(c(Cl)c1F)OCCO2. The minimum atomic E-state index is -0.631. The molecule has 1 N–H and O–H groups in total. The standard InChI is InChI=1S/C11H12ClFO3/c1-6(14)4-7-5-8-11(9(12)10(7)13)16-3-2-15-8/h5-6,14H,2-4H2,1H3. The molecule has 0 saturated carbocycles. The van der Waals surface area contributed by atoms with E-state index in [2.05, 4.69) is 0 Å². The van der Waals surface area contributed by atoms with Gasteiger partial charge in [-0.25, -0.2) is 4.39 Å². The zero-order valence-electron chi connectivity index (χ0n) is 8.80. The molecule has 3 nitrogen and oxygen atoms in total. The Bertz CT molecular complexity index is 407. The van der Waals surface area contributed by atoms with Crippen LogP contribution >= 0.6 is 11.6 Å². The van der Waals surface area contributed by atoms with E-state index in [1.165, 1.54) is 6.07 Å². The molecule has 0 fully saturated rings. The Morgan fingerprint density at radius 1 is 1.50 bits per heavy atom. The van der Waals surface area contributed by atoms with Gasteiger partial charge in [-0.3, -0.25) is 0 Å². The van der Waals surface area contributed by atoms with Gasteiger partial charge < -0.3 is 14.6 Å². The van der Waals surface area contributed by atoms with Crippen molar-refractivity contribution in [3.8, 4) is 11.5 Å². The van der Waals surface area contributed by atoms with Gasteiger partial charge in [0.1, 0.15) is 24.1 Å². The van der Waals surface area contributed by atoms with Crippen LogP contribution in [0.2, 0.25) is 5.02 Å². The Kier molecular flexibility index (Phi) is 3.21. The highest BCUT2D eigenvalue weighted by molar-refractivity contribution is 6.32. The molecule has 0 amide bonds. The first kappa shape index (κ1) is 11.5. The summed E-state index contributed by atoms with van der Waals surface area (Å²) in [6.07, 6.45) is -0.435. The van der Waals surface area contributed by atoms with Gasteiger partial charge in [0.25, 0.3) is 0 Å². The molecule has 1 unspecified atom stereocenters. The average molecular weight is 247 g/mol. The molecule has 0 aromatic heterocycles. The first-order valence-electron chi connectivity index (χ1n) is 5.04. The maximum Gasteiger partial charge on any atom is 0.182 e. The molecule has 0 bridgehead atoms. The van der Waals surface area contributed by atoms with E-state index < -0.39 is 11.9 Å². The fraction of sp³-hybridized carbons (Fsp3) is 0.455. The molecular formula is C11H12ClFO3. The van der Waals surface area contributed by atoms with Crippen molar-refractivity contribution in [2.24, 2.45) is 0 Å². The van der Waals surface area contributed by atoms with Crippen molar-refractivity contribution in [3.63, 3.8) is 0 Å². The topological polar surface area (TPSA) is 38.7 Å². The van der Waals surface area contributed by atoms with E-state index in [9.17, 15) is 9.50 Å². The molecule has 1 aromatic carbocycles. The third kappa shape index (κ3) is 2.08. The Hall–Kier alpha value is -1.00. The van der Waals surface area contributed by atoms with Crippen LogP contribution in [0, 0.1) is 5.82 Å². The zero-order valence-corrected chi connectivity index (χ0v) is 9.55.